The molecule has 2 aromatic carbocycles. The third kappa shape index (κ3) is 5.57. The van der Waals surface area contributed by atoms with Crippen LogP contribution in [0.2, 0.25) is 0 Å². The maximum absolute atomic E-state index is 12.6. The number of hydrogen-bond acceptors (Lipinski definition) is 5. The smallest absolute Gasteiger partial charge is 0.319 e. The van der Waals surface area contributed by atoms with Gasteiger partial charge in [0.15, 0.2) is 0 Å². The second kappa shape index (κ2) is 9.89. The molecule has 30 heavy (non-hydrogen) atoms. The Labute approximate surface area is 175 Å². The van der Waals surface area contributed by atoms with E-state index in [1.807, 2.05) is 54.6 Å². The number of carbonyl (C=O) groups is 1. The van der Waals surface area contributed by atoms with E-state index in [4.69, 9.17) is 9.47 Å². The summed E-state index contributed by atoms with van der Waals surface area (Å²) in [7, 11) is 0. The van der Waals surface area contributed by atoms with Crippen LogP contribution in [0.25, 0.3) is 0 Å². The molecule has 8 heteroatoms. The Kier molecular flexibility index (Phi) is 6.56. The molecule has 2 N–H and O–H groups in total. The molecule has 1 saturated heterocycles. The molecule has 2 atom stereocenters. The number of benzene rings is 2. The van der Waals surface area contributed by atoms with Crippen LogP contribution in [0.5, 0.6) is 5.75 Å². The van der Waals surface area contributed by atoms with E-state index in [2.05, 4.69) is 20.7 Å². The zero-order valence-corrected chi connectivity index (χ0v) is 16.6. The van der Waals surface area contributed by atoms with E-state index in [0.717, 1.165) is 30.8 Å². The van der Waals surface area contributed by atoms with Crippen molar-refractivity contribution >= 4 is 11.7 Å². The highest BCUT2D eigenvalue weighted by Crippen LogP contribution is 2.19. The lowest BCUT2D eigenvalue weighted by atomic mass is 10.1. The lowest BCUT2D eigenvalue weighted by Gasteiger charge is -2.19. The summed E-state index contributed by atoms with van der Waals surface area (Å²) in [6.45, 7) is 1.84. The van der Waals surface area contributed by atoms with E-state index in [1.54, 1.807) is 11.0 Å². The first-order valence-electron chi connectivity index (χ1n) is 10.1. The number of rotatable bonds is 8. The molecule has 1 fully saturated rings. The Morgan fingerprint density at radius 1 is 1.20 bits per heavy atom. The monoisotopic (exact) mass is 407 g/mol. The van der Waals surface area contributed by atoms with Crippen molar-refractivity contribution in [3.05, 3.63) is 72.8 Å². The minimum absolute atomic E-state index is 0.175. The normalized spacial score (nSPS) is 16.7. The number of anilines is 1. The maximum atomic E-state index is 12.6. The van der Waals surface area contributed by atoms with Crippen LogP contribution in [0.4, 0.5) is 10.5 Å². The Bertz CT molecular complexity index is 910. The van der Waals surface area contributed by atoms with Gasteiger partial charge in [-0.15, -0.1) is 0 Å². The van der Waals surface area contributed by atoms with E-state index < -0.39 is 0 Å². The van der Waals surface area contributed by atoms with Crippen LogP contribution in [0.1, 0.15) is 24.4 Å². The van der Waals surface area contributed by atoms with Gasteiger partial charge in [0.25, 0.3) is 0 Å². The predicted octanol–water partition coefficient (Wildman–Crippen LogP) is 3.40. The minimum Gasteiger partial charge on any atom is -0.491 e. The number of urea groups is 1. The summed E-state index contributed by atoms with van der Waals surface area (Å²) in [6.07, 6.45) is 5.41. The van der Waals surface area contributed by atoms with Crippen LogP contribution in [0.15, 0.2) is 67.3 Å². The molecule has 0 spiro atoms. The van der Waals surface area contributed by atoms with E-state index in [1.165, 1.54) is 6.33 Å². The van der Waals surface area contributed by atoms with E-state index in [-0.39, 0.29) is 18.2 Å². The van der Waals surface area contributed by atoms with Gasteiger partial charge in [-0.2, -0.15) is 5.10 Å². The van der Waals surface area contributed by atoms with Gasteiger partial charge >= 0.3 is 6.03 Å². The fourth-order valence-electron chi connectivity index (χ4n) is 3.36. The van der Waals surface area contributed by atoms with Gasteiger partial charge in [-0.1, -0.05) is 30.3 Å². The van der Waals surface area contributed by atoms with Crippen molar-refractivity contribution in [2.75, 3.05) is 18.5 Å². The van der Waals surface area contributed by atoms with Crippen molar-refractivity contribution in [3.63, 3.8) is 0 Å². The van der Waals surface area contributed by atoms with Crippen LogP contribution in [-0.4, -0.2) is 40.1 Å². The summed E-state index contributed by atoms with van der Waals surface area (Å²) in [5, 5.41) is 10.0. The summed E-state index contributed by atoms with van der Waals surface area (Å²) < 4.78 is 13.0. The second-order valence-electron chi connectivity index (χ2n) is 7.15. The fraction of sp³-hybridized carbons (Fsp3) is 0.318. The molecule has 4 rings (SSSR count). The van der Waals surface area contributed by atoms with Crippen LogP contribution >= 0.6 is 0 Å². The lowest BCUT2D eigenvalue weighted by Crippen LogP contribution is -2.35. The summed E-state index contributed by atoms with van der Waals surface area (Å²) in [4.78, 5) is 16.6. The third-order valence-electron chi connectivity index (χ3n) is 4.92. The molecule has 8 nitrogen and oxygen atoms in total. The fourth-order valence-corrected chi connectivity index (χ4v) is 3.36. The number of nitrogens with zero attached hydrogens (tertiary/aromatic N) is 3. The Morgan fingerprint density at radius 3 is 2.73 bits per heavy atom. The topological polar surface area (TPSA) is 90.3 Å². The number of nitrogens with one attached hydrogen (secondary N) is 2. The molecule has 2 heterocycles. The first-order valence-corrected chi connectivity index (χ1v) is 10.1. The zero-order chi connectivity index (χ0) is 20.6. The van der Waals surface area contributed by atoms with Crippen LogP contribution in [0.3, 0.4) is 0 Å². The van der Waals surface area contributed by atoms with E-state index >= 15 is 0 Å². The number of amides is 2. The van der Waals surface area contributed by atoms with Crippen molar-refractivity contribution in [1.82, 2.24) is 20.1 Å². The highest BCUT2D eigenvalue weighted by molar-refractivity contribution is 5.89. The molecule has 3 aromatic rings. The molecule has 1 aliphatic rings. The standard InChI is InChI=1S/C22H25N5O3/c28-22(25-18-8-10-19(11-9-18)30-14-20-7-4-12-29-20)26-21(13-27-16-23-15-24-27)17-5-2-1-3-6-17/h1-3,5-6,8-11,15-16,20-21H,4,7,12-14H2,(H2,25,26,28). The molecule has 0 radical (unpaired) electrons. The highest BCUT2D eigenvalue weighted by atomic mass is 16.5. The number of hydrogen-bond donors (Lipinski definition) is 2. The van der Waals surface area contributed by atoms with Crippen molar-refractivity contribution in [3.8, 4) is 5.75 Å². The SMILES string of the molecule is O=C(Nc1ccc(OCC2CCCO2)cc1)NC(Cn1cncn1)c1ccccc1. The summed E-state index contributed by atoms with van der Waals surface area (Å²) in [5.74, 6) is 0.754. The average molecular weight is 407 g/mol. The number of ether oxygens (including phenoxy) is 2. The molecule has 0 aliphatic carbocycles. The van der Waals surface area contributed by atoms with Gasteiger partial charge in [0.2, 0.25) is 0 Å². The minimum atomic E-state index is -0.294. The first-order chi connectivity index (χ1) is 14.8. The van der Waals surface area contributed by atoms with Crippen LogP contribution in [0, 0.1) is 0 Å². The molecule has 0 bridgehead atoms. The Hall–Kier alpha value is -3.39. The first kappa shape index (κ1) is 19.9. The lowest BCUT2D eigenvalue weighted by molar-refractivity contribution is 0.0679. The largest absolute Gasteiger partial charge is 0.491 e. The third-order valence-corrected chi connectivity index (χ3v) is 4.92. The van der Waals surface area contributed by atoms with Crippen molar-refractivity contribution in [2.24, 2.45) is 0 Å². The molecular formula is C22H25N5O3. The van der Waals surface area contributed by atoms with Crippen LogP contribution in [-0.2, 0) is 11.3 Å². The van der Waals surface area contributed by atoms with Gasteiger partial charge in [-0.25, -0.2) is 9.78 Å². The van der Waals surface area contributed by atoms with Gasteiger partial charge in [0.05, 0.1) is 18.7 Å². The maximum Gasteiger partial charge on any atom is 0.319 e. The Balaban J connectivity index is 1.33. The second-order valence-corrected chi connectivity index (χ2v) is 7.15. The number of aromatic nitrogens is 3. The van der Waals surface area contributed by atoms with Gasteiger partial charge < -0.3 is 20.1 Å². The number of carbonyl (C=O) groups excluding carboxylic acids is 1. The van der Waals surface area contributed by atoms with Gasteiger partial charge in [0.1, 0.15) is 25.0 Å². The average Bonchev–Trinajstić information content (AvgIpc) is 3.48. The molecule has 0 saturated carbocycles. The van der Waals surface area contributed by atoms with Gasteiger partial charge in [0, 0.05) is 12.3 Å². The van der Waals surface area contributed by atoms with Crippen molar-refractivity contribution in [2.45, 2.75) is 31.5 Å². The van der Waals surface area contributed by atoms with Crippen LogP contribution < -0.4 is 15.4 Å². The molecule has 156 valence electrons. The quantitative estimate of drug-likeness (QED) is 0.597. The predicted molar refractivity (Wildman–Crippen MR) is 112 cm³/mol. The molecule has 1 aromatic heterocycles. The van der Waals surface area contributed by atoms with Gasteiger partial charge in [-0.05, 0) is 42.7 Å². The summed E-state index contributed by atoms with van der Waals surface area (Å²) >= 11 is 0. The molecule has 1 aliphatic heterocycles. The highest BCUT2D eigenvalue weighted by Gasteiger charge is 2.17. The van der Waals surface area contributed by atoms with Crippen molar-refractivity contribution in [1.29, 1.82) is 0 Å². The van der Waals surface area contributed by atoms with Crippen molar-refractivity contribution < 1.29 is 14.3 Å². The molecule has 2 unspecified atom stereocenters. The van der Waals surface area contributed by atoms with Gasteiger partial charge in [-0.3, -0.25) is 4.68 Å². The van der Waals surface area contributed by atoms with E-state index in [0.29, 0.717) is 18.8 Å². The Morgan fingerprint density at radius 2 is 2.03 bits per heavy atom. The summed E-state index contributed by atoms with van der Waals surface area (Å²) in [5.41, 5.74) is 1.67. The van der Waals surface area contributed by atoms with E-state index in [9.17, 15) is 4.79 Å². The molecule has 2 amide bonds. The molecular weight excluding hydrogens is 382 g/mol. The summed E-state index contributed by atoms with van der Waals surface area (Å²) in [6, 6.07) is 16.6. The zero-order valence-electron chi connectivity index (χ0n) is 16.6.